The van der Waals surface area contributed by atoms with Crippen LogP contribution in [0.5, 0.6) is 17.2 Å². The zero-order valence-corrected chi connectivity index (χ0v) is 20.7. The Bertz CT molecular complexity index is 1130. The minimum atomic E-state index is -0.651. The summed E-state index contributed by atoms with van der Waals surface area (Å²) in [6, 6.07) is 14.3. The first-order valence-electron chi connectivity index (χ1n) is 11.1. The average molecular weight is 497 g/mol. The molecule has 0 spiro atoms. The largest absolute Gasteiger partial charge is 0.493 e. The molecule has 2 aromatic carbocycles. The lowest BCUT2D eigenvalue weighted by Gasteiger charge is -2.29. The first kappa shape index (κ1) is 24.5. The Morgan fingerprint density at radius 2 is 1.77 bits per heavy atom. The Morgan fingerprint density at radius 1 is 1.06 bits per heavy atom. The molecule has 2 atom stereocenters. The number of carbonyl (C=O) groups is 2. The fraction of sp³-hybridized carbons (Fsp3) is 0.308. The van der Waals surface area contributed by atoms with Gasteiger partial charge in [-0.2, -0.15) is 0 Å². The van der Waals surface area contributed by atoms with Gasteiger partial charge >= 0.3 is 0 Å². The van der Waals surface area contributed by atoms with E-state index in [9.17, 15) is 9.59 Å². The van der Waals surface area contributed by atoms with Crippen molar-refractivity contribution in [3.05, 3.63) is 77.7 Å². The monoisotopic (exact) mass is 496 g/mol. The summed E-state index contributed by atoms with van der Waals surface area (Å²) in [5, 5.41) is 2.63. The van der Waals surface area contributed by atoms with Gasteiger partial charge in [0.25, 0.3) is 5.91 Å². The number of methoxy groups -OCH3 is 3. The highest BCUT2D eigenvalue weighted by molar-refractivity contribution is 7.99. The molecular formula is C26H28N2O6S. The number of thioether (sulfide) groups is 1. The molecular weight excluding hydrogens is 468 g/mol. The van der Waals surface area contributed by atoms with E-state index in [0.29, 0.717) is 41.5 Å². The van der Waals surface area contributed by atoms with Gasteiger partial charge < -0.3 is 28.8 Å². The van der Waals surface area contributed by atoms with Crippen molar-refractivity contribution in [1.82, 2.24) is 10.2 Å². The molecule has 3 aromatic rings. The van der Waals surface area contributed by atoms with Crippen LogP contribution in [0.2, 0.25) is 0 Å². The van der Waals surface area contributed by atoms with Crippen LogP contribution in [0.15, 0.2) is 65.5 Å². The summed E-state index contributed by atoms with van der Waals surface area (Å²) >= 11 is 1.52. The molecule has 1 N–H and O–H groups in total. The highest BCUT2D eigenvalue weighted by Gasteiger charge is 2.43. The summed E-state index contributed by atoms with van der Waals surface area (Å²) in [6.07, 6.45) is 3.87. The summed E-state index contributed by atoms with van der Waals surface area (Å²) < 4.78 is 21.5. The van der Waals surface area contributed by atoms with Gasteiger partial charge in [0.2, 0.25) is 11.7 Å². The van der Waals surface area contributed by atoms with Crippen LogP contribution in [-0.2, 0) is 11.2 Å². The second kappa shape index (κ2) is 11.2. The molecule has 1 aliphatic rings. The Hall–Kier alpha value is -3.59. The van der Waals surface area contributed by atoms with Crippen LogP contribution < -0.4 is 19.5 Å². The summed E-state index contributed by atoms with van der Waals surface area (Å²) in [5.41, 5.74) is 2.28. The van der Waals surface area contributed by atoms with Gasteiger partial charge in [0.05, 0.1) is 33.9 Å². The number of furan rings is 1. The summed E-state index contributed by atoms with van der Waals surface area (Å²) in [4.78, 5) is 28.7. The number of ether oxygens (including phenoxy) is 3. The SMILES string of the molecule is COc1cc(C(=O)N2C(C(=O)NCCc3ccccc3)CSC2c2ccoc2)cc(OC)c1OC. The minimum absolute atomic E-state index is 0.194. The first-order chi connectivity index (χ1) is 17.1. The molecule has 1 fully saturated rings. The van der Waals surface area contributed by atoms with Crippen molar-refractivity contribution in [3.63, 3.8) is 0 Å². The van der Waals surface area contributed by atoms with Crippen molar-refractivity contribution in [2.45, 2.75) is 17.8 Å². The van der Waals surface area contributed by atoms with Crippen LogP contribution in [0.3, 0.4) is 0 Å². The molecule has 2 amide bonds. The van der Waals surface area contributed by atoms with E-state index in [0.717, 1.165) is 11.1 Å². The van der Waals surface area contributed by atoms with E-state index >= 15 is 0 Å². The van der Waals surface area contributed by atoms with E-state index in [-0.39, 0.29) is 17.2 Å². The zero-order valence-electron chi connectivity index (χ0n) is 19.9. The number of amides is 2. The molecule has 4 rings (SSSR count). The van der Waals surface area contributed by atoms with Crippen LogP contribution in [0.25, 0.3) is 0 Å². The predicted octanol–water partition coefficient (Wildman–Crippen LogP) is 3.92. The maximum atomic E-state index is 13.8. The highest BCUT2D eigenvalue weighted by atomic mass is 32.2. The lowest BCUT2D eigenvalue weighted by atomic mass is 10.1. The van der Waals surface area contributed by atoms with Gasteiger partial charge in [-0.1, -0.05) is 30.3 Å². The topological polar surface area (TPSA) is 90.2 Å². The number of carbonyl (C=O) groups excluding carboxylic acids is 2. The molecule has 0 radical (unpaired) electrons. The second-order valence-electron chi connectivity index (χ2n) is 7.91. The van der Waals surface area contributed by atoms with Gasteiger partial charge in [-0.15, -0.1) is 11.8 Å². The van der Waals surface area contributed by atoms with Crippen molar-refractivity contribution in [2.24, 2.45) is 0 Å². The van der Waals surface area contributed by atoms with E-state index in [1.165, 1.54) is 33.1 Å². The summed E-state index contributed by atoms with van der Waals surface area (Å²) in [7, 11) is 4.49. The Balaban J connectivity index is 1.60. The quantitative estimate of drug-likeness (QED) is 0.480. The van der Waals surface area contributed by atoms with Crippen LogP contribution in [0.4, 0.5) is 0 Å². The normalized spacial score (nSPS) is 17.2. The standard InChI is InChI=1S/C26H28N2O6S/c1-31-21-13-19(14-22(32-2)23(21)33-3)25(30)28-20(16-35-26(28)18-10-12-34-15-18)24(29)27-11-9-17-7-5-4-6-8-17/h4-8,10,12-15,20,26H,9,11,16H2,1-3H3,(H,27,29). The van der Waals surface area contributed by atoms with Crippen molar-refractivity contribution in [3.8, 4) is 17.2 Å². The number of hydrogen-bond donors (Lipinski definition) is 1. The number of rotatable bonds is 9. The maximum absolute atomic E-state index is 13.8. The van der Waals surface area contributed by atoms with Crippen LogP contribution in [0.1, 0.15) is 26.9 Å². The first-order valence-corrected chi connectivity index (χ1v) is 12.2. The maximum Gasteiger partial charge on any atom is 0.256 e. The number of hydrogen-bond acceptors (Lipinski definition) is 7. The average Bonchev–Trinajstić information content (AvgIpc) is 3.58. The summed E-state index contributed by atoms with van der Waals surface area (Å²) in [6.45, 7) is 0.479. The van der Waals surface area contributed by atoms with Gasteiger partial charge in [0.1, 0.15) is 11.4 Å². The van der Waals surface area contributed by atoms with E-state index in [1.807, 2.05) is 36.4 Å². The molecule has 35 heavy (non-hydrogen) atoms. The van der Waals surface area contributed by atoms with Gasteiger partial charge in [-0.25, -0.2) is 0 Å². The Kier molecular flexibility index (Phi) is 7.87. The number of nitrogens with one attached hydrogen (secondary N) is 1. The van der Waals surface area contributed by atoms with Gasteiger partial charge in [-0.3, -0.25) is 9.59 Å². The summed E-state index contributed by atoms with van der Waals surface area (Å²) in [5.74, 6) is 1.08. The van der Waals surface area contributed by atoms with Crippen molar-refractivity contribution < 1.29 is 28.2 Å². The lowest BCUT2D eigenvalue weighted by Crippen LogP contribution is -2.48. The van der Waals surface area contributed by atoms with Gasteiger partial charge in [0, 0.05) is 23.4 Å². The van der Waals surface area contributed by atoms with Crippen LogP contribution >= 0.6 is 11.8 Å². The fourth-order valence-corrected chi connectivity index (χ4v) is 5.48. The molecule has 8 nitrogen and oxygen atoms in total. The molecule has 0 aliphatic carbocycles. The van der Waals surface area contributed by atoms with Crippen molar-refractivity contribution in [1.29, 1.82) is 0 Å². The Morgan fingerprint density at radius 3 is 2.37 bits per heavy atom. The van der Waals surface area contributed by atoms with E-state index in [2.05, 4.69) is 5.32 Å². The third-order valence-corrected chi connectivity index (χ3v) is 7.16. The zero-order chi connectivity index (χ0) is 24.8. The van der Waals surface area contributed by atoms with E-state index in [4.69, 9.17) is 18.6 Å². The molecule has 0 bridgehead atoms. The fourth-order valence-electron chi connectivity index (χ4n) is 4.07. The Labute approximate surface area is 208 Å². The van der Waals surface area contributed by atoms with Crippen LogP contribution in [0, 0.1) is 0 Å². The molecule has 1 aliphatic heterocycles. The molecule has 2 unspecified atom stereocenters. The van der Waals surface area contributed by atoms with Crippen molar-refractivity contribution >= 4 is 23.6 Å². The van der Waals surface area contributed by atoms with Crippen molar-refractivity contribution in [2.75, 3.05) is 33.6 Å². The number of nitrogens with zero attached hydrogens (tertiary/aromatic N) is 1. The second-order valence-corrected chi connectivity index (χ2v) is 9.02. The molecule has 0 saturated carbocycles. The molecule has 2 heterocycles. The van der Waals surface area contributed by atoms with E-state index in [1.54, 1.807) is 29.6 Å². The third kappa shape index (κ3) is 5.24. The number of benzene rings is 2. The minimum Gasteiger partial charge on any atom is -0.493 e. The third-order valence-electron chi connectivity index (χ3n) is 5.83. The van der Waals surface area contributed by atoms with Crippen LogP contribution in [-0.4, -0.2) is 56.4 Å². The molecule has 9 heteroatoms. The smallest absolute Gasteiger partial charge is 0.256 e. The van der Waals surface area contributed by atoms with Gasteiger partial charge in [-0.05, 0) is 30.2 Å². The molecule has 1 aromatic heterocycles. The highest BCUT2D eigenvalue weighted by Crippen LogP contribution is 2.44. The molecule has 184 valence electrons. The molecule has 1 saturated heterocycles. The predicted molar refractivity (Wildman–Crippen MR) is 133 cm³/mol. The lowest BCUT2D eigenvalue weighted by molar-refractivity contribution is -0.124. The van der Waals surface area contributed by atoms with Gasteiger partial charge in [0.15, 0.2) is 11.5 Å². The van der Waals surface area contributed by atoms with E-state index < -0.39 is 6.04 Å².